The Morgan fingerprint density at radius 2 is 2.05 bits per heavy atom. The van der Waals surface area contributed by atoms with Gasteiger partial charge in [0, 0.05) is 18.4 Å². The summed E-state index contributed by atoms with van der Waals surface area (Å²) in [5.74, 6) is -0.997. The fraction of sp³-hybridized carbons (Fsp3) is 0.333. The Labute approximate surface area is 122 Å². The van der Waals surface area contributed by atoms with Gasteiger partial charge in [-0.05, 0) is 37.1 Å². The Morgan fingerprint density at radius 1 is 1.33 bits per heavy atom. The van der Waals surface area contributed by atoms with Crippen LogP contribution in [0.4, 0.5) is 10.5 Å². The largest absolute Gasteiger partial charge is 0.478 e. The normalized spacial score (nSPS) is 21.4. The van der Waals surface area contributed by atoms with Gasteiger partial charge in [0.25, 0.3) is 0 Å². The lowest BCUT2D eigenvalue weighted by Gasteiger charge is -2.23. The van der Waals surface area contributed by atoms with Crippen molar-refractivity contribution in [3.63, 3.8) is 0 Å². The number of carboxylic acid groups (broad SMARTS) is 1. The third-order valence-corrected chi connectivity index (χ3v) is 3.22. The molecule has 1 aromatic rings. The van der Waals surface area contributed by atoms with Crippen LogP contribution in [0.3, 0.4) is 0 Å². The Kier molecular flexibility index (Phi) is 4.59. The van der Waals surface area contributed by atoms with Crippen LogP contribution >= 0.6 is 0 Å². The lowest BCUT2D eigenvalue weighted by Crippen LogP contribution is -2.48. The number of carboxylic acids is 1. The first-order valence-corrected chi connectivity index (χ1v) is 6.65. The quantitative estimate of drug-likeness (QED) is 0.741. The minimum atomic E-state index is -0.997. The van der Waals surface area contributed by atoms with Crippen molar-refractivity contribution in [2.45, 2.75) is 18.9 Å². The van der Waals surface area contributed by atoms with Gasteiger partial charge in [-0.3, -0.25) is 0 Å². The van der Waals surface area contributed by atoms with Gasteiger partial charge < -0.3 is 20.5 Å². The molecule has 1 fully saturated rings. The average molecular weight is 290 g/mol. The van der Waals surface area contributed by atoms with Gasteiger partial charge >= 0.3 is 12.0 Å². The number of carbonyl (C=O) groups excluding carboxylic acids is 1. The van der Waals surface area contributed by atoms with Crippen LogP contribution in [-0.2, 0) is 9.53 Å². The van der Waals surface area contributed by atoms with Crippen LogP contribution in [0.5, 0.6) is 0 Å². The van der Waals surface area contributed by atoms with Crippen molar-refractivity contribution in [2.75, 3.05) is 18.5 Å². The first-order chi connectivity index (χ1) is 9.97. The minimum Gasteiger partial charge on any atom is -0.478 e. The van der Waals surface area contributed by atoms with E-state index < -0.39 is 5.97 Å². The summed E-state index contributed by atoms with van der Waals surface area (Å²) in [4.78, 5) is 22.3. The lowest BCUT2D eigenvalue weighted by atomic mass is 10.0. The van der Waals surface area contributed by atoms with E-state index in [-0.39, 0.29) is 11.6 Å². The van der Waals surface area contributed by atoms with E-state index in [1.54, 1.807) is 24.3 Å². The predicted octanol–water partition coefficient (Wildman–Crippen LogP) is 2.08. The van der Waals surface area contributed by atoms with Crippen molar-refractivity contribution in [2.24, 2.45) is 0 Å². The second-order valence-corrected chi connectivity index (χ2v) is 5.24. The predicted molar refractivity (Wildman–Crippen MR) is 79.1 cm³/mol. The van der Waals surface area contributed by atoms with Crippen LogP contribution in [0.2, 0.25) is 0 Å². The Hall–Kier alpha value is -2.34. The van der Waals surface area contributed by atoms with Crippen LogP contribution in [0, 0.1) is 0 Å². The summed E-state index contributed by atoms with van der Waals surface area (Å²) in [6, 6.07) is 6.62. The standard InChI is InChI=1S/C15H18N2O4/c1-15(8-9-21-10-15)17-14(20)16-12-5-2-11(3-6-12)4-7-13(18)19/h2-7H,8-10H2,1H3,(H,18,19)(H2,16,17,20)/b7-4+. The molecule has 0 radical (unpaired) electrons. The van der Waals surface area contributed by atoms with Crippen molar-refractivity contribution >= 4 is 23.8 Å². The number of benzene rings is 1. The zero-order valence-electron chi connectivity index (χ0n) is 11.8. The number of hydrogen-bond donors (Lipinski definition) is 3. The molecule has 1 aromatic carbocycles. The summed E-state index contributed by atoms with van der Waals surface area (Å²) in [6.45, 7) is 3.11. The first-order valence-electron chi connectivity index (χ1n) is 6.65. The van der Waals surface area contributed by atoms with Crippen molar-refractivity contribution in [3.05, 3.63) is 35.9 Å². The third kappa shape index (κ3) is 4.61. The molecule has 0 aromatic heterocycles. The van der Waals surface area contributed by atoms with Crippen LogP contribution in [0.15, 0.2) is 30.3 Å². The molecule has 6 heteroatoms. The summed E-state index contributed by atoms with van der Waals surface area (Å²) >= 11 is 0. The van der Waals surface area contributed by atoms with Crippen LogP contribution < -0.4 is 10.6 Å². The maximum absolute atomic E-state index is 11.9. The van der Waals surface area contributed by atoms with E-state index >= 15 is 0 Å². The number of carbonyl (C=O) groups is 2. The van der Waals surface area contributed by atoms with Crippen molar-refractivity contribution in [3.8, 4) is 0 Å². The summed E-state index contributed by atoms with van der Waals surface area (Å²) in [5.41, 5.74) is 1.07. The van der Waals surface area contributed by atoms with Crippen molar-refractivity contribution < 1.29 is 19.4 Å². The molecule has 0 saturated carbocycles. The van der Waals surface area contributed by atoms with Gasteiger partial charge in [0.15, 0.2) is 0 Å². The lowest BCUT2D eigenvalue weighted by molar-refractivity contribution is -0.131. The van der Waals surface area contributed by atoms with E-state index in [1.165, 1.54) is 6.08 Å². The number of aliphatic carboxylic acids is 1. The second-order valence-electron chi connectivity index (χ2n) is 5.24. The number of urea groups is 1. The third-order valence-electron chi connectivity index (χ3n) is 3.22. The van der Waals surface area contributed by atoms with E-state index in [2.05, 4.69) is 10.6 Å². The molecule has 1 heterocycles. The number of hydrogen-bond acceptors (Lipinski definition) is 3. The van der Waals surface area contributed by atoms with E-state index in [4.69, 9.17) is 9.84 Å². The molecular formula is C15H18N2O4. The molecule has 21 heavy (non-hydrogen) atoms. The zero-order chi connectivity index (χ0) is 15.3. The fourth-order valence-electron chi connectivity index (χ4n) is 2.05. The molecule has 1 saturated heterocycles. The zero-order valence-corrected chi connectivity index (χ0v) is 11.8. The molecular weight excluding hydrogens is 272 g/mol. The molecule has 0 spiro atoms. The Bertz CT molecular complexity index is 545. The number of amides is 2. The Balaban J connectivity index is 1.90. The van der Waals surface area contributed by atoms with Gasteiger partial charge in [0.1, 0.15) is 0 Å². The SMILES string of the molecule is CC1(NC(=O)Nc2ccc(/C=C/C(=O)O)cc2)CCOC1. The van der Waals surface area contributed by atoms with Crippen LogP contribution in [0.25, 0.3) is 6.08 Å². The smallest absolute Gasteiger partial charge is 0.328 e. The highest BCUT2D eigenvalue weighted by Crippen LogP contribution is 2.18. The van der Waals surface area contributed by atoms with E-state index in [1.807, 2.05) is 6.92 Å². The van der Waals surface area contributed by atoms with Gasteiger partial charge in [-0.15, -0.1) is 0 Å². The minimum absolute atomic E-state index is 0.281. The maximum Gasteiger partial charge on any atom is 0.328 e. The number of nitrogens with one attached hydrogen (secondary N) is 2. The molecule has 1 aliphatic heterocycles. The molecule has 2 amide bonds. The number of rotatable bonds is 4. The first kappa shape index (κ1) is 15.1. The summed E-state index contributed by atoms with van der Waals surface area (Å²) in [6.07, 6.45) is 3.35. The molecule has 112 valence electrons. The van der Waals surface area contributed by atoms with Crippen molar-refractivity contribution in [1.29, 1.82) is 0 Å². The molecule has 2 rings (SSSR count). The molecule has 6 nitrogen and oxygen atoms in total. The van der Waals surface area contributed by atoms with Crippen LogP contribution in [0.1, 0.15) is 18.9 Å². The molecule has 3 N–H and O–H groups in total. The molecule has 1 atom stereocenters. The Morgan fingerprint density at radius 3 is 2.62 bits per heavy atom. The monoisotopic (exact) mass is 290 g/mol. The molecule has 1 unspecified atom stereocenters. The fourth-order valence-corrected chi connectivity index (χ4v) is 2.05. The van der Waals surface area contributed by atoms with Crippen molar-refractivity contribution in [1.82, 2.24) is 5.32 Å². The van der Waals surface area contributed by atoms with Gasteiger partial charge in [-0.25, -0.2) is 9.59 Å². The van der Waals surface area contributed by atoms with Crippen LogP contribution in [-0.4, -0.2) is 35.9 Å². The van der Waals surface area contributed by atoms with E-state index in [0.717, 1.165) is 18.1 Å². The second kappa shape index (κ2) is 6.41. The summed E-state index contributed by atoms with van der Waals surface area (Å²) < 4.78 is 5.28. The van der Waals surface area contributed by atoms with Gasteiger partial charge in [0.2, 0.25) is 0 Å². The average Bonchev–Trinajstić information content (AvgIpc) is 2.84. The topological polar surface area (TPSA) is 87.7 Å². The van der Waals surface area contributed by atoms with Gasteiger partial charge in [0.05, 0.1) is 12.1 Å². The molecule has 0 aliphatic carbocycles. The highest BCUT2D eigenvalue weighted by Gasteiger charge is 2.31. The van der Waals surface area contributed by atoms with Gasteiger partial charge in [-0.2, -0.15) is 0 Å². The summed E-state index contributed by atoms with van der Waals surface area (Å²) in [5, 5.41) is 14.2. The molecule has 0 bridgehead atoms. The molecule has 1 aliphatic rings. The van der Waals surface area contributed by atoms with Gasteiger partial charge in [-0.1, -0.05) is 12.1 Å². The summed E-state index contributed by atoms with van der Waals surface area (Å²) in [7, 11) is 0. The highest BCUT2D eigenvalue weighted by atomic mass is 16.5. The highest BCUT2D eigenvalue weighted by molar-refractivity contribution is 5.90. The maximum atomic E-state index is 11.9. The number of ether oxygens (including phenoxy) is 1. The number of anilines is 1. The van der Waals surface area contributed by atoms with E-state index in [0.29, 0.717) is 18.9 Å². The van der Waals surface area contributed by atoms with E-state index in [9.17, 15) is 9.59 Å².